The molecule has 0 fully saturated rings. The number of hydrogen-bond donors (Lipinski definition) is 1. The van der Waals surface area contributed by atoms with Gasteiger partial charge in [0.25, 0.3) is 0 Å². The van der Waals surface area contributed by atoms with E-state index in [0.717, 1.165) is 36.6 Å². The highest BCUT2D eigenvalue weighted by Crippen LogP contribution is 2.22. The zero-order valence-electron chi connectivity index (χ0n) is 12.4. The third-order valence-corrected chi connectivity index (χ3v) is 3.26. The van der Waals surface area contributed by atoms with Crippen molar-refractivity contribution in [2.24, 2.45) is 0 Å². The van der Waals surface area contributed by atoms with Gasteiger partial charge < -0.3 is 10.1 Å². The van der Waals surface area contributed by atoms with E-state index in [9.17, 15) is 0 Å². The first-order valence-corrected chi connectivity index (χ1v) is 7.48. The van der Waals surface area contributed by atoms with Crippen LogP contribution in [0.2, 0.25) is 5.15 Å². The summed E-state index contributed by atoms with van der Waals surface area (Å²) >= 11 is 6.06. The Morgan fingerprint density at radius 1 is 1.19 bits per heavy atom. The van der Waals surface area contributed by atoms with Gasteiger partial charge in [0.1, 0.15) is 16.8 Å². The molecule has 0 aliphatic carbocycles. The van der Waals surface area contributed by atoms with Gasteiger partial charge in [0.2, 0.25) is 0 Å². The SMILES string of the molecule is CCCc1nc(Cl)cc(Nc2ccccc2CCOC)n1. The Labute approximate surface area is 130 Å². The summed E-state index contributed by atoms with van der Waals surface area (Å²) < 4.78 is 5.15. The van der Waals surface area contributed by atoms with Crippen molar-refractivity contribution < 1.29 is 4.74 Å². The molecular formula is C16H20ClN3O. The number of benzene rings is 1. The van der Waals surface area contributed by atoms with Crippen molar-refractivity contribution >= 4 is 23.1 Å². The molecule has 112 valence electrons. The van der Waals surface area contributed by atoms with Crippen LogP contribution in [0.25, 0.3) is 0 Å². The molecule has 1 aromatic heterocycles. The summed E-state index contributed by atoms with van der Waals surface area (Å²) in [6.07, 6.45) is 2.66. The molecule has 1 heterocycles. The molecule has 1 N–H and O–H groups in total. The van der Waals surface area contributed by atoms with Crippen LogP contribution in [0.5, 0.6) is 0 Å². The van der Waals surface area contributed by atoms with Crippen LogP contribution in [0.15, 0.2) is 30.3 Å². The lowest BCUT2D eigenvalue weighted by Gasteiger charge is -2.12. The summed E-state index contributed by atoms with van der Waals surface area (Å²) in [5.41, 5.74) is 2.21. The van der Waals surface area contributed by atoms with E-state index < -0.39 is 0 Å². The second-order valence-electron chi connectivity index (χ2n) is 4.77. The van der Waals surface area contributed by atoms with Crippen LogP contribution in [0, 0.1) is 0 Å². The molecule has 4 nitrogen and oxygen atoms in total. The predicted molar refractivity (Wildman–Crippen MR) is 86.3 cm³/mol. The van der Waals surface area contributed by atoms with E-state index in [2.05, 4.69) is 28.3 Å². The molecule has 2 rings (SSSR count). The monoisotopic (exact) mass is 305 g/mol. The Morgan fingerprint density at radius 3 is 2.76 bits per heavy atom. The minimum Gasteiger partial charge on any atom is -0.384 e. The van der Waals surface area contributed by atoms with E-state index in [0.29, 0.717) is 11.8 Å². The summed E-state index contributed by atoms with van der Waals surface area (Å²) in [5, 5.41) is 3.79. The lowest BCUT2D eigenvalue weighted by atomic mass is 10.1. The molecule has 0 radical (unpaired) electrons. The van der Waals surface area contributed by atoms with Crippen molar-refractivity contribution in [3.63, 3.8) is 0 Å². The number of para-hydroxylation sites is 1. The number of aromatic nitrogens is 2. The number of anilines is 2. The maximum absolute atomic E-state index is 6.06. The van der Waals surface area contributed by atoms with E-state index in [1.807, 2.05) is 18.2 Å². The van der Waals surface area contributed by atoms with E-state index in [-0.39, 0.29) is 0 Å². The molecule has 0 aliphatic heterocycles. The van der Waals surface area contributed by atoms with Crippen molar-refractivity contribution in [1.29, 1.82) is 0 Å². The summed E-state index contributed by atoms with van der Waals surface area (Å²) in [6.45, 7) is 2.78. The molecule has 0 saturated carbocycles. The number of aryl methyl sites for hydroxylation is 1. The van der Waals surface area contributed by atoms with Crippen molar-refractivity contribution in [3.8, 4) is 0 Å². The van der Waals surface area contributed by atoms with Crippen LogP contribution < -0.4 is 5.32 Å². The summed E-state index contributed by atoms with van der Waals surface area (Å²) in [7, 11) is 1.71. The lowest BCUT2D eigenvalue weighted by molar-refractivity contribution is 0.202. The first-order valence-electron chi connectivity index (χ1n) is 7.10. The summed E-state index contributed by atoms with van der Waals surface area (Å²) in [5.74, 6) is 1.49. The maximum atomic E-state index is 6.06. The summed E-state index contributed by atoms with van der Waals surface area (Å²) in [4.78, 5) is 8.73. The molecule has 2 aromatic rings. The highest BCUT2D eigenvalue weighted by Gasteiger charge is 2.06. The third kappa shape index (κ3) is 4.69. The Hall–Kier alpha value is -1.65. The molecule has 0 spiro atoms. The van der Waals surface area contributed by atoms with Gasteiger partial charge in [-0.05, 0) is 24.5 Å². The maximum Gasteiger partial charge on any atom is 0.135 e. The number of methoxy groups -OCH3 is 1. The number of ether oxygens (including phenoxy) is 1. The quantitative estimate of drug-likeness (QED) is 0.785. The molecule has 1 aromatic carbocycles. The zero-order chi connectivity index (χ0) is 15.1. The molecule has 0 unspecified atom stereocenters. The van der Waals surface area contributed by atoms with Gasteiger partial charge in [-0.2, -0.15) is 0 Å². The lowest BCUT2D eigenvalue weighted by Crippen LogP contribution is -2.03. The normalized spacial score (nSPS) is 10.6. The van der Waals surface area contributed by atoms with Gasteiger partial charge in [-0.3, -0.25) is 0 Å². The first kappa shape index (κ1) is 15.7. The largest absolute Gasteiger partial charge is 0.384 e. The first-order chi connectivity index (χ1) is 10.2. The van der Waals surface area contributed by atoms with Crippen LogP contribution in [0.1, 0.15) is 24.7 Å². The number of halogens is 1. The molecule has 0 saturated heterocycles. The average Bonchev–Trinajstić information content (AvgIpc) is 2.46. The van der Waals surface area contributed by atoms with Crippen molar-refractivity contribution in [3.05, 3.63) is 46.9 Å². The molecule has 0 bridgehead atoms. The van der Waals surface area contributed by atoms with Gasteiger partial charge in [0.15, 0.2) is 0 Å². The molecule has 21 heavy (non-hydrogen) atoms. The van der Waals surface area contributed by atoms with Gasteiger partial charge in [-0.15, -0.1) is 0 Å². The molecule has 5 heteroatoms. The second kappa shape index (κ2) is 7.96. The average molecular weight is 306 g/mol. The van der Waals surface area contributed by atoms with Crippen molar-refractivity contribution in [1.82, 2.24) is 9.97 Å². The third-order valence-electron chi connectivity index (χ3n) is 3.07. The molecule has 0 atom stereocenters. The molecule has 0 amide bonds. The Morgan fingerprint density at radius 2 is 2.00 bits per heavy atom. The number of hydrogen-bond acceptors (Lipinski definition) is 4. The minimum absolute atomic E-state index is 0.463. The van der Waals surface area contributed by atoms with Crippen LogP contribution in [-0.2, 0) is 17.6 Å². The second-order valence-corrected chi connectivity index (χ2v) is 5.15. The molecular weight excluding hydrogens is 286 g/mol. The minimum atomic E-state index is 0.463. The van der Waals surface area contributed by atoms with Gasteiger partial charge in [0.05, 0.1) is 6.61 Å². The van der Waals surface area contributed by atoms with Gasteiger partial charge in [-0.25, -0.2) is 9.97 Å². The van der Waals surface area contributed by atoms with Gasteiger partial charge in [-0.1, -0.05) is 36.7 Å². The van der Waals surface area contributed by atoms with Crippen LogP contribution in [0.3, 0.4) is 0 Å². The fraction of sp³-hybridized carbons (Fsp3) is 0.375. The fourth-order valence-electron chi connectivity index (χ4n) is 2.07. The summed E-state index contributed by atoms with van der Waals surface area (Å²) in [6, 6.07) is 9.87. The van der Waals surface area contributed by atoms with E-state index >= 15 is 0 Å². The van der Waals surface area contributed by atoms with Crippen molar-refractivity contribution in [2.45, 2.75) is 26.2 Å². The Balaban J connectivity index is 2.21. The predicted octanol–water partition coefficient (Wildman–Crippen LogP) is 4.02. The zero-order valence-corrected chi connectivity index (χ0v) is 13.2. The van der Waals surface area contributed by atoms with Crippen LogP contribution in [0.4, 0.5) is 11.5 Å². The standard InChI is InChI=1S/C16H20ClN3O/c1-3-6-15-19-14(17)11-16(20-15)18-13-8-5-4-7-12(13)9-10-21-2/h4-5,7-8,11H,3,6,9-10H2,1-2H3,(H,18,19,20). The fourth-order valence-corrected chi connectivity index (χ4v) is 2.28. The van der Waals surface area contributed by atoms with E-state index in [1.165, 1.54) is 5.56 Å². The highest BCUT2D eigenvalue weighted by molar-refractivity contribution is 6.29. The number of rotatable bonds is 7. The number of nitrogens with one attached hydrogen (secondary N) is 1. The van der Waals surface area contributed by atoms with Crippen molar-refractivity contribution in [2.75, 3.05) is 19.0 Å². The smallest absolute Gasteiger partial charge is 0.135 e. The Bertz CT molecular complexity index is 589. The van der Waals surface area contributed by atoms with Gasteiger partial charge in [0, 0.05) is 25.3 Å². The topological polar surface area (TPSA) is 47.0 Å². The van der Waals surface area contributed by atoms with Crippen LogP contribution in [-0.4, -0.2) is 23.7 Å². The molecule has 0 aliphatic rings. The van der Waals surface area contributed by atoms with Gasteiger partial charge >= 0.3 is 0 Å². The Kier molecular flexibility index (Phi) is 5.96. The van der Waals surface area contributed by atoms with E-state index in [1.54, 1.807) is 13.2 Å². The highest BCUT2D eigenvalue weighted by atomic mass is 35.5. The number of nitrogens with zero attached hydrogens (tertiary/aromatic N) is 2. The van der Waals surface area contributed by atoms with E-state index in [4.69, 9.17) is 16.3 Å². The van der Waals surface area contributed by atoms with Crippen LogP contribution >= 0.6 is 11.6 Å².